The molecule has 0 aliphatic heterocycles. The molecule has 0 N–H and O–H groups in total. The molecular formula is C8H8N2O2. The third kappa shape index (κ3) is 0.889. The van der Waals surface area contributed by atoms with Crippen LogP contribution in [-0.4, -0.2) is 11.2 Å². The zero-order chi connectivity index (χ0) is 8.60. The molecule has 1 heterocycles. The van der Waals surface area contributed by atoms with Crippen molar-refractivity contribution < 1.29 is 9.32 Å². The number of carbonyl (C=O) groups excluding carboxylic acids is 1. The lowest BCUT2D eigenvalue weighted by molar-refractivity contribution is 0.394. The fraction of sp³-hybridized carbons (Fsp3) is 0.500. The summed E-state index contributed by atoms with van der Waals surface area (Å²) in [4.78, 5) is 13.9. The van der Waals surface area contributed by atoms with Crippen molar-refractivity contribution in [1.82, 2.24) is 5.16 Å². The number of aromatic nitrogens is 1. The summed E-state index contributed by atoms with van der Waals surface area (Å²) in [7, 11) is 0. The van der Waals surface area contributed by atoms with Crippen LogP contribution in [0.2, 0.25) is 0 Å². The fourth-order valence-electron chi connectivity index (χ4n) is 1.39. The van der Waals surface area contributed by atoms with Crippen LogP contribution >= 0.6 is 0 Å². The first-order valence-corrected chi connectivity index (χ1v) is 3.79. The summed E-state index contributed by atoms with van der Waals surface area (Å²) in [6, 6.07) is 0. The topological polar surface area (TPSA) is 55.5 Å². The van der Waals surface area contributed by atoms with Crippen molar-refractivity contribution in [2.24, 2.45) is 4.99 Å². The highest BCUT2D eigenvalue weighted by atomic mass is 16.5. The van der Waals surface area contributed by atoms with Crippen molar-refractivity contribution in [3.63, 3.8) is 0 Å². The number of hydrogen-bond donors (Lipinski definition) is 0. The highest BCUT2D eigenvalue weighted by Gasteiger charge is 2.47. The van der Waals surface area contributed by atoms with Gasteiger partial charge in [0, 0.05) is 5.56 Å². The number of hydrogen-bond acceptors (Lipinski definition) is 4. The molecule has 4 heteroatoms. The number of rotatable bonds is 2. The van der Waals surface area contributed by atoms with Crippen molar-refractivity contribution in [1.29, 1.82) is 0 Å². The molecular weight excluding hydrogens is 156 g/mol. The molecule has 0 saturated heterocycles. The van der Waals surface area contributed by atoms with Crippen molar-refractivity contribution >= 4 is 6.08 Å². The van der Waals surface area contributed by atoms with Crippen LogP contribution in [0, 0.1) is 6.92 Å². The van der Waals surface area contributed by atoms with E-state index in [1.54, 1.807) is 12.3 Å². The maximum absolute atomic E-state index is 10.1. The van der Waals surface area contributed by atoms with Crippen LogP contribution in [0.15, 0.2) is 15.7 Å². The maximum atomic E-state index is 10.1. The van der Waals surface area contributed by atoms with E-state index in [0.717, 1.165) is 24.2 Å². The van der Waals surface area contributed by atoms with Crippen LogP contribution in [0.5, 0.6) is 0 Å². The SMILES string of the molecule is Cc1oncc1C1(N=C=O)CC1. The van der Waals surface area contributed by atoms with Gasteiger partial charge in [-0.15, -0.1) is 0 Å². The molecule has 12 heavy (non-hydrogen) atoms. The van der Waals surface area contributed by atoms with E-state index in [9.17, 15) is 4.79 Å². The van der Waals surface area contributed by atoms with Crippen LogP contribution in [0.25, 0.3) is 0 Å². The minimum atomic E-state index is -0.341. The zero-order valence-electron chi connectivity index (χ0n) is 6.70. The minimum Gasteiger partial charge on any atom is -0.361 e. The van der Waals surface area contributed by atoms with Crippen molar-refractivity contribution in [2.45, 2.75) is 25.3 Å². The van der Waals surface area contributed by atoms with E-state index in [1.165, 1.54) is 0 Å². The van der Waals surface area contributed by atoms with Crippen LogP contribution in [0.4, 0.5) is 0 Å². The lowest BCUT2D eigenvalue weighted by atomic mass is 10.1. The standard InChI is InChI=1S/C8H8N2O2/c1-6-7(4-10-12-6)8(2-3-8)9-5-11/h4H,2-3H2,1H3. The molecule has 1 saturated carbocycles. The Morgan fingerprint density at radius 3 is 2.92 bits per heavy atom. The second-order valence-electron chi connectivity index (χ2n) is 3.03. The summed E-state index contributed by atoms with van der Waals surface area (Å²) < 4.78 is 4.90. The van der Waals surface area contributed by atoms with E-state index >= 15 is 0 Å². The quantitative estimate of drug-likeness (QED) is 0.489. The molecule has 0 unspecified atom stereocenters. The Morgan fingerprint density at radius 1 is 1.75 bits per heavy atom. The first-order chi connectivity index (χ1) is 5.78. The molecule has 0 spiro atoms. The molecule has 4 nitrogen and oxygen atoms in total. The fourth-order valence-corrected chi connectivity index (χ4v) is 1.39. The van der Waals surface area contributed by atoms with Gasteiger partial charge in [0.15, 0.2) is 0 Å². The van der Waals surface area contributed by atoms with Gasteiger partial charge in [-0.05, 0) is 19.8 Å². The monoisotopic (exact) mass is 164 g/mol. The molecule has 0 atom stereocenters. The van der Waals surface area contributed by atoms with Gasteiger partial charge in [-0.1, -0.05) is 5.16 Å². The van der Waals surface area contributed by atoms with E-state index in [4.69, 9.17) is 4.52 Å². The highest BCUT2D eigenvalue weighted by molar-refractivity contribution is 5.41. The predicted molar refractivity (Wildman–Crippen MR) is 40.3 cm³/mol. The van der Waals surface area contributed by atoms with Gasteiger partial charge in [0.1, 0.15) is 11.3 Å². The molecule has 1 fully saturated rings. The van der Waals surface area contributed by atoms with E-state index < -0.39 is 0 Å². The molecule has 0 radical (unpaired) electrons. The second kappa shape index (κ2) is 2.29. The van der Waals surface area contributed by atoms with Gasteiger partial charge in [-0.2, -0.15) is 4.99 Å². The average Bonchev–Trinajstić information content (AvgIpc) is 2.68. The molecule has 1 aromatic heterocycles. The van der Waals surface area contributed by atoms with Crippen molar-refractivity contribution in [3.05, 3.63) is 17.5 Å². The van der Waals surface area contributed by atoms with E-state index in [-0.39, 0.29) is 5.54 Å². The van der Waals surface area contributed by atoms with Crippen LogP contribution in [0.3, 0.4) is 0 Å². The highest BCUT2D eigenvalue weighted by Crippen LogP contribution is 2.50. The van der Waals surface area contributed by atoms with Gasteiger partial charge in [-0.25, -0.2) is 4.79 Å². The molecule has 62 valence electrons. The van der Waals surface area contributed by atoms with Crippen LogP contribution < -0.4 is 0 Å². The van der Waals surface area contributed by atoms with Gasteiger partial charge in [0.05, 0.1) is 6.20 Å². The average molecular weight is 164 g/mol. The maximum Gasteiger partial charge on any atom is 0.235 e. The van der Waals surface area contributed by atoms with E-state index in [0.29, 0.717) is 0 Å². The summed E-state index contributed by atoms with van der Waals surface area (Å²) in [6.45, 7) is 1.82. The summed E-state index contributed by atoms with van der Waals surface area (Å²) in [5, 5.41) is 3.65. The Labute approximate surface area is 69.3 Å². The molecule has 2 rings (SSSR count). The van der Waals surface area contributed by atoms with Gasteiger partial charge in [-0.3, -0.25) is 0 Å². The Morgan fingerprint density at radius 2 is 2.50 bits per heavy atom. The number of aryl methyl sites for hydroxylation is 1. The van der Waals surface area contributed by atoms with Crippen LogP contribution in [-0.2, 0) is 10.3 Å². The normalized spacial score (nSPS) is 18.4. The first-order valence-electron chi connectivity index (χ1n) is 3.79. The Kier molecular flexibility index (Phi) is 1.38. The molecule has 0 bridgehead atoms. The minimum absolute atomic E-state index is 0.341. The third-order valence-electron chi connectivity index (χ3n) is 2.24. The molecule has 1 aliphatic rings. The van der Waals surface area contributed by atoms with Gasteiger partial charge in [0.25, 0.3) is 0 Å². The lowest BCUT2D eigenvalue weighted by Crippen LogP contribution is -2.01. The summed E-state index contributed by atoms with van der Waals surface area (Å²) in [5.74, 6) is 0.742. The molecule has 1 aromatic rings. The Balaban J connectivity index is 2.42. The first kappa shape index (κ1) is 7.25. The molecule has 0 aromatic carbocycles. The predicted octanol–water partition coefficient (Wildman–Crippen LogP) is 1.31. The molecule has 0 amide bonds. The van der Waals surface area contributed by atoms with Gasteiger partial charge < -0.3 is 4.52 Å². The van der Waals surface area contributed by atoms with Crippen LogP contribution in [0.1, 0.15) is 24.2 Å². The summed E-state index contributed by atoms with van der Waals surface area (Å²) >= 11 is 0. The van der Waals surface area contributed by atoms with E-state index in [1.807, 2.05) is 6.92 Å². The Hall–Kier alpha value is -1.41. The Bertz CT molecular complexity index is 346. The smallest absolute Gasteiger partial charge is 0.235 e. The molecule has 1 aliphatic carbocycles. The van der Waals surface area contributed by atoms with Gasteiger partial charge in [0.2, 0.25) is 6.08 Å². The second-order valence-corrected chi connectivity index (χ2v) is 3.03. The zero-order valence-corrected chi connectivity index (χ0v) is 6.70. The summed E-state index contributed by atoms with van der Waals surface area (Å²) in [5.41, 5.74) is 0.581. The number of isocyanates is 1. The van der Waals surface area contributed by atoms with E-state index in [2.05, 4.69) is 10.1 Å². The van der Waals surface area contributed by atoms with Crippen molar-refractivity contribution in [3.8, 4) is 0 Å². The largest absolute Gasteiger partial charge is 0.361 e. The summed E-state index contributed by atoms with van der Waals surface area (Å²) in [6.07, 6.45) is 5.01. The number of nitrogens with zero attached hydrogens (tertiary/aromatic N) is 2. The lowest BCUT2D eigenvalue weighted by Gasteiger charge is -2.02. The third-order valence-corrected chi connectivity index (χ3v) is 2.24. The number of aliphatic imine (C=N–C) groups is 1. The van der Waals surface area contributed by atoms with Crippen molar-refractivity contribution in [2.75, 3.05) is 0 Å². The van der Waals surface area contributed by atoms with Gasteiger partial charge >= 0.3 is 0 Å².